The molecule has 3 aromatic carbocycles. The molecule has 0 saturated heterocycles. The highest BCUT2D eigenvalue weighted by Gasteiger charge is 2.28. The van der Waals surface area contributed by atoms with E-state index in [2.05, 4.69) is 38.2 Å². The van der Waals surface area contributed by atoms with Gasteiger partial charge in [-0.05, 0) is 85.2 Å². The summed E-state index contributed by atoms with van der Waals surface area (Å²) in [6, 6.07) is 21.2. The number of nitrogens with one attached hydrogen (secondary N) is 1. The summed E-state index contributed by atoms with van der Waals surface area (Å²) in [6.45, 7) is 10.4. The van der Waals surface area contributed by atoms with E-state index in [4.69, 9.17) is 4.74 Å². The first kappa shape index (κ1) is 28.6. The molecule has 1 amide bonds. The lowest BCUT2D eigenvalue weighted by molar-refractivity contribution is -0.120. The van der Waals surface area contributed by atoms with Crippen molar-refractivity contribution in [2.45, 2.75) is 55.9 Å². The molecule has 0 aliphatic rings. The van der Waals surface area contributed by atoms with Crippen LogP contribution in [0.15, 0.2) is 82.6 Å². The summed E-state index contributed by atoms with van der Waals surface area (Å²) in [4.78, 5) is 14.2. The van der Waals surface area contributed by atoms with Crippen molar-refractivity contribution in [2.24, 2.45) is 0 Å². The zero-order chi connectivity index (χ0) is 27.2. The minimum absolute atomic E-state index is 0.0333. The Morgan fingerprint density at radius 3 is 2.08 bits per heavy atom. The Hall–Kier alpha value is -2.97. The van der Waals surface area contributed by atoms with Gasteiger partial charge in [-0.1, -0.05) is 45.0 Å². The maximum atomic E-state index is 13.7. The van der Waals surface area contributed by atoms with Crippen LogP contribution < -0.4 is 14.4 Å². The fourth-order valence-electron chi connectivity index (χ4n) is 3.84. The van der Waals surface area contributed by atoms with Gasteiger partial charge in [0.05, 0.1) is 23.2 Å². The van der Waals surface area contributed by atoms with Gasteiger partial charge in [-0.3, -0.25) is 9.10 Å². The molecule has 6 nitrogen and oxygen atoms in total. The Labute approximate surface area is 225 Å². The summed E-state index contributed by atoms with van der Waals surface area (Å²) in [7, 11) is -4.00. The number of nitrogens with zero attached hydrogens (tertiary/aromatic N) is 1. The van der Waals surface area contributed by atoms with Gasteiger partial charge in [0.1, 0.15) is 12.3 Å². The average molecular weight is 541 g/mol. The molecule has 0 aromatic heterocycles. The fourth-order valence-corrected chi connectivity index (χ4v) is 5.67. The predicted octanol–water partition coefficient (Wildman–Crippen LogP) is 6.18. The van der Waals surface area contributed by atoms with Gasteiger partial charge in [-0.2, -0.15) is 0 Å². The van der Waals surface area contributed by atoms with E-state index in [1.165, 1.54) is 17.3 Å². The van der Waals surface area contributed by atoms with Crippen molar-refractivity contribution in [3.8, 4) is 5.75 Å². The van der Waals surface area contributed by atoms with E-state index >= 15 is 0 Å². The van der Waals surface area contributed by atoms with Gasteiger partial charge >= 0.3 is 0 Å². The number of ether oxygens (including phenoxy) is 1. The maximum absolute atomic E-state index is 13.7. The summed E-state index contributed by atoms with van der Waals surface area (Å²) in [6.07, 6.45) is 1.93. The van der Waals surface area contributed by atoms with Gasteiger partial charge in [0.25, 0.3) is 10.0 Å². The zero-order valence-electron chi connectivity index (χ0n) is 22.3. The van der Waals surface area contributed by atoms with Crippen LogP contribution in [0.5, 0.6) is 5.75 Å². The van der Waals surface area contributed by atoms with E-state index in [1.54, 1.807) is 48.5 Å². The third-order valence-electron chi connectivity index (χ3n) is 6.02. The molecule has 0 unspecified atom stereocenters. The molecule has 0 aliphatic carbocycles. The Morgan fingerprint density at radius 2 is 1.57 bits per heavy atom. The van der Waals surface area contributed by atoms with Crippen LogP contribution >= 0.6 is 11.8 Å². The molecule has 8 heteroatoms. The highest BCUT2D eigenvalue weighted by atomic mass is 32.2. The molecule has 0 aliphatic heterocycles. The molecular weight excluding hydrogens is 504 g/mol. The van der Waals surface area contributed by atoms with Gasteiger partial charge in [-0.15, -0.1) is 11.8 Å². The van der Waals surface area contributed by atoms with E-state index in [1.807, 2.05) is 32.2 Å². The maximum Gasteiger partial charge on any atom is 0.264 e. The molecular formula is C29H36N2O4S2. The monoisotopic (exact) mass is 540 g/mol. The van der Waals surface area contributed by atoms with Crippen molar-refractivity contribution in [3.05, 3.63) is 83.9 Å². The molecule has 0 bridgehead atoms. The van der Waals surface area contributed by atoms with E-state index in [9.17, 15) is 13.2 Å². The summed E-state index contributed by atoms with van der Waals surface area (Å²) < 4.78 is 34.0. The zero-order valence-corrected chi connectivity index (χ0v) is 23.9. The Bertz CT molecular complexity index is 1280. The second kappa shape index (κ2) is 12.0. The minimum Gasteiger partial charge on any atom is -0.494 e. The Kier molecular flexibility index (Phi) is 9.31. The summed E-state index contributed by atoms with van der Waals surface area (Å²) in [5, 5.41) is 2.96. The molecule has 0 fully saturated rings. The number of sulfonamides is 1. The van der Waals surface area contributed by atoms with E-state index in [0.717, 1.165) is 14.8 Å². The van der Waals surface area contributed by atoms with Crippen LogP contribution in [0.4, 0.5) is 5.69 Å². The number of anilines is 1. The summed E-state index contributed by atoms with van der Waals surface area (Å²) >= 11 is 1.53. The molecule has 0 radical (unpaired) electrons. The number of benzene rings is 3. The second-order valence-corrected chi connectivity index (χ2v) is 12.5. The van der Waals surface area contributed by atoms with Crippen LogP contribution in [0.25, 0.3) is 0 Å². The molecule has 1 atom stereocenters. The third-order valence-corrected chi connectivity index (χ3v) is 8.56. The van der Waals surface area contributed by atoms with Crippen LogP contribution in [0.1, 0.15) is 51.8 Å². The van der Waals surface area contributed by atoms with Crippen molar-refractivity contribution in [2.75, 3.05) is 23.7 Å². The number of thioether (sulfide) groups is 1. The molecule has 0 spiro atoms. The van der Waals surface area contributed by atoms with Crippen LogP contribution in [0, 0.1) is 0 Å². The smallest absolute Gasteiger partial charge is 0.264 e. The minimum atomic E-state index is -4.00. The van der Waals surface area contributed by atoms with Gasteiger partial charge < -0.3 is 10.1 Å². The highest BCUT2D eigenvalue weighted by molar-refractivity contribution is 7.98. The highest BCUT2D eigenvalue weighted by Crippen LogP contribution is 2.28. The quantitative estimate of drug-likeness (QED) is 0.311. The van der Waals surface area contributed by atoms with Crippen molar-refractivity contribution in [1.82, 2.24) is 5.32 Å². The number of carbonyl (C=O) groups is 1. The Morgan fingerprint density at radius 1 is 0.973 bits per heavy atom. The fraction of sp³-hybridized carbons (Fsp3) is 0.345. The second-order valence-electron chi connectivity index (χ2n) is 9.78. The van der Waals surface area contributed by atoms with Crippen molar-refractivity contribution >= 4 is 33.4 Å². The van der Waals surface area contributed by atoms with Crippen molar-refractivity contribution < 1.29 is 17.9 Å². The lowest BCUT2D eigenvalue weighted by atomic mass is 9.86. The molecule has 3 rings (SSSR count). The van der Waals surface area contributed by atoms with Crippen molar-refractivity contribution in [3.63, 3.8) is 0 Å². The lowest BCUT2D eigenvalue weighted by Gasteiger charge is -2.25. The Balaban J connectivity index is 1.86. The molecule has 3 aromatic rings. The molecule has 1 N–H and O–H groups in total. The lowest BCUT2D eigenvalue weighted by Crippen LogP contribution is -2.41. The molecule has 37 heavy (non-hydrogen) atoms. The summed E-state index contributed by atoms with van der Waals surface area (Å²) in [5.41, 5.74) is 2.57. The number of amides is 1. The van der Waals surface area contributed by atoms with Gasteiger partial charge in [0.15, 0.2) is 0 Å². The molecule has 0 heterocycles. The first-order valence-electron chi connectivity index (χ1n) is 12.2. The number of rotatable bonds is 10. The van der Waals surface area contributed by atoms with Crippen LogP contribution in [-0.4, -0.2) is 33.7 Å². The van der Waals surface area contributed by atoms with E-state index in [0.29, 0.717) is 18.0 Å². The first-order chi connectivity index (χ1) is 17.5. The molecule has 198 valence electrons. The van der Waals surface area contributed by atoms with E-state index in [-0.39, 0.29) is 22.9 Å². The third kappa shape index (κ3) is 7.29. The van der Waals surface area contributed by atoms with Crippen LogP contribution in [0.3, 0.4) is 0 Å². The van der Waals surface area contributed by atoms with Gasteiger partial charge in [-0.25, -0.2) is 8.42 Å². The average Bonchev–Trinajstić information content (AvgIpc) is 2.87. The predicted molar refractivity (Wildman–Crippen MR) is 152 cm³/mol. The topological polar surface area (TPSA) is 75.7 Å². The van der Waals surface area contributed by atoms with Gasteiger partial charge in [0, 0.05) is 4.90 Å². The van der Waals surface area contributed by atoms with E-state index < -0.39 is 15.9 Å². The SMILES string of the molecule is CCOc1ccc(N(CC(=O)N[C@@H](C)c2ccc(C(C)(C)C)cc2)S(=O)(=O)c2ccc(SC)cc2)cc1. The van der Waals surface area contributed by atoms with Crippen molar-refractivity contribution in [1.29, 1.82) is 0 Å². The standard InChI is InChI=1S/C29H36N2O4S2/c1-7-35-25-14-12-24(13-15-25)31(37(33,34)27-18-16-26(36-6)17-19-27)20-28(32)30-21(2)22-8-10-23(11-9-22)29(3,4)5/h8-19,21H,7,20H2,1-6H3,(H,30,32)/t21-/m0/s1. The van der Waals surface area contributed by atoms with Gasteiger partial charge in [0.2, 0.25) is 5.91 Å². The van der Waals surface area contributed by atoms with Crippen LogP contribution in [-0.2, 0) is 20.2 Å². The van der Waals surface area contributed by atoms with Crippen LogP contribution in [0.2, 0.25) is 0 Å². The largest absolute Gasteiger partial charge is 0.494 e. The first-order valence-corrected chi connectivity index (χ1v) is 14.9. The normalized spacial score (nSPS) is 12.6. The molecule has 0 saturated carbocycles. The number of hydrogen-bond donors (Lipinski definition) is 1. The number of hydrogen-bond acceptors (Lipinski definition) is 5. The number of carbonyl (C=O) groups excluding carboxylic acids is 1. The summed E-state index contributed by atoms with van der Waals surface area (Å²) in [5.74, 6) is 0.232.